The van der Waals surface area contributed by atoms with Crippen molar-refractivity contribution < 1.29 is 14.3 Å². The number of likely N-dealkylation sites (tertiary alicyclic amines) is 1. The molecule has 0 bridgehead atoms. The Kier molecular flexibility index (Phi) is 7.58. The molecule has 7 heteroatoms. The molecule has 0 aliphatic carbocycles. The first-order valence-electron chi connectivity index (χ1n) is 10.1. The molecule has 2 aromatic rings. The summed E-state index contributed by atoms with van der Waals surface area (Å²) in [5, 5.41) is 6.39. The Morgan fingerprint density at radius 1 is 1.14 bits per heavy atom. The molecule has 3 rings (SSSR count). The molecule has 1 aromatic heterocycles. The van der Waals surface area contributed by atoms with Gasteiger partial charge in [0.1, 0.15) is 0 Å². The van der Waals surface area contributed by atoms with Crippen molar-refractivity contribution in [2.45, 2.75) is 31.8 Å². The molecule has 2 amide bonds. The van der Waals surface area contributed by atoms with Gasteiger partial charge in [-0.15, -0.1) is 0 Å². The second-order valence-electron chi connectivity index (χ2n) is 7.01. The highest BCUT2D eigenvalue weighted by atomic mass is 16.6. The predicted octanol–water partition coefficient (Wildman–Crippen LogP) is 2.50. The zero-order valence-electron chi connectivity index (χ0n) is 16.7. The Bertz CT molecular complexity index is 738. The van der Waals surface area contributed by atoms with Gasteiger partial charge in [0, 0.05) is 25.3 Å². The minimum Gasteiger partial charge on any atom is -0.450 e. The Labute approximate surface area is 171 Å². The van der Waals surface area contributed by atoms with Gasteiger partial charge in [-0.1, -0.05) is 36.4 Å². The van der Waals surface area contributed by atoms with Gasteiger partial charge in [-0.05, 0) is 37.5 Å². The number of rotatable bonds is 7. The van der Waals surface area contributed by atoms with Crippen molar-refractivity contribution in [2.75, 3.05) is 26.2 Å². The molecule has 1 aromatic carbocycles. The van der Waals surface area contributed by atoms with Crippen LogP contribution >= 0.6 is 0 Å². The summed E-state index contributed by atoms with van der Waals surface area (Å²) in [6, 6.07) is 15.6. The van der Waals surface area contributed by atoms with Crippen molar-refractivity contribution in [3.05, 3.63) is 66.0 Å². The van der Waals surface area contributed by atoms with Crippen LogP contribution in [0.2, 0.25) is 0 Å². The summed E-state index contributed by atoms with van der Waals surface area (Å²) in [6.45, 7) is 3.55. The SMILES string of the molecule is CCOC(=O)N1CCC(NC(=O)CNC(c2ccccc2)c2ccccn2)CC1. The zero-order chi connectivity index (χ0) is 20.5. The molecule has 2 N–H and O–H groups in total. The average Bonchev–Trinajstić information content (AvgIpc) is 2.76. The van der Waals surface area contributed by atoms with Crippen LogP contribution in [0.4, 0.5) is 4.79 Å². The summed E-state index contributed by atoms with van der Waals surface area (Å²) in [5.74, 6) is -0.0588. The summed E-state index contributed by atoms with van der Waals surface area (Å²) in [6.07, 6.45) is 2.93. The third-order valence-electron chi connectivity index (χ3n) is 4.97. The van der Waals surface area contributed by atoms with Crippen LogP contribution in [0.1, 0.15) is 37.1 Å². The third-order valence-corrected chi connectivity index (χ3v) is 4.97. The van der Waals surface area contributed by atoms with Crippen LogP contribution in [-0.4, -0.2) is 54.2 Å². The first-order valence-corrected chi connectivity index (χ1v) is 10.1. The van der Waals surface area contributed by atoms with Crippen LogP contribution in [0.3, 0.4) is 0 Å². The highest BCUT2D eigenvalue weighted by Gasteiger charge is 2.25. The average molecular weight is 396 g/mol. The fourth-order valence-corrected chi connectivity index (χ4v) is 3.48. The maximum absolute atomic E-state index is 12.5. The molecular weight excluding hydrogens is 368 g/mol. The van der Waals surface area contributed by atoms with Crippen molar-refractivity contribution in [2.24, 2.45) is 0 Å². The number of nitrogens with one attached hydrogen (secondary N) is 2. The molecule has 0 saturated carbocycles. The van der Waals surface area contributed by atoms with Gasteiger partial charge in [0.2, 0.25) is 5.91 Å². The van der Waals surface area contributed by atoms with Gasteiger partial charge in [-0.2, -0.15) is 0 Å². The number of hydrogen-bond acceptors (Lipinski definition) is 5. The van der Waals surface area contributed by atoms with Crippen molar-refractivity contribution in [3.8, 4) is 0 Å². The fourth-order valence-electron chi connectivity index (χ4n) is 3.48. The molecule has 1 aliphatic rings. The van der Waals surface area contributed by atoms with Gasteiger partial charge in [-0.3, -0.25) is 15.1 Å². The summed E-state index contributed by atoms with van der Waals surface area (Å²) in [7, 11) is 0. The van der Waals surface area contributed by atoms with Crippen LogP contribution in [0.5, 0.6) is 0 Å². The molecule has 7 nitrogen and oxygen atoms in total. The Balaban J connectivity index is 1.52. The maximum atomic E-state index is 12.5. The van der Waals surface area contributed by atoms with E-state index < -0.39 is 0 Å². The zero-order valence-corrected chi connectivity index (χ0v) is 16.7. The lowest BCUT2D eigenvalue weighted by Gasteiger charge is -2.31. The van der Waals surface area contributed by atoms with E-state index in [0.717, 1.165) is 24.1 Å². The van der Waals surface area contributed by atoms with E-state index in [4.69, 9.17) is 4.74 Å². The van der Waals surface area contributed by atoms with Crippen molar-refractivity contribution in [1.29, 1.82) is 0 Å². The molecule has 1 atom stereocenters. The smallest absolute Gasteiger partial charge is 0.409 e. The number of aromatic nitrogens is 1. The minimum atomic E-state index is -0.278. The molecular formula is C22H28N4O3. The number of hydrogen-bond donors (Lipinski definition) is 2. The molecule has 1 saturated heterocycles. The first kappa shape index (κ1) is 20.8. The minimum absolute atomic E-state index is 0.0588. The van der Waals surface area contributed by atoms with E-state index in [9.17, 15) is 9.59 Å². The van der Waals surface area contributed by atoms with Gasteiger partial charge in [0.15, 0.2) is 0 Å². The Morgan fingerprint density at radius 3 is 2.52 bits per heavy atom. The maximum Gasteiger partial charge on any atom is 0.409 e. The quantitative estimate of drug-likeness (QED) is 0.751. The number of carbonyl (C=O) groups is 2. The topological polar surface area (TPSA) is 83.6 Å². The van der Waals surface area contributed by atoms with Gasteiger partial charge >= 0.3 is 6.09 Å². The first-order chi connectivity index (χ1) is 14.2. The van der Waals surface area contributed by atoms with Crippen LogP contribution in [-0.2, 0) is 9.53 Å². The second-order valence-corrected chi connectivity index (χ2v) is 7.01. The number of nitrogens with zero attached hydrogens (tertiary/aromatic N) is 2. The molecule has 0 spiro atoms. The number of ether oxygens (including phenoxy) is 1. The van der Waals surface area contributed by atoms with E-state index in [1.807, 2.05) is 48.5 Å². The van der Waals surface area contributed by atoms with E-state index in [1.165, 1.54) is 0 Å². The summed E-state index contributed by atoms with van der Waals surface area (Å²) >= 11 is 0. The summed E-state index contributed by atoms with van der Waals surface area (Å²) in [4.78, 5) is 30.4. The highest BCUT2D eigenvalue weighted by molar-refractivity contribution is 5.78. The number of benzene rings is 1. The molecule has 0 radical (unpaired) electrons. The van der Waals surface area contributed by atoms with E-state index in [2.05, 4.69) is 15.6 Å². The molecule has 1 fully saturated rings. The number of carbonyl (C=O) groups excluding carboxylic acids is 2. The standard InChI is InChI=1S/C22H28N4O3/c1-2-29-22(28)26-14-11-18(12-15-26)25-20(27)16-24-21(17-8-4-3-5-9-17)19-10-6-7-13-23-19/h3-10,13,18,21,24H,2,11-12,14-16H2,1H3,(H,25,27). The number of pyridine rings is 1. The van der Waals surface area contributed by atoms with E-state index in [-0.39, 0.29) is 30.6 Å². The largest absolute Gasteiger partial charge is 0.450 e. The van der Waals surface area contributed by atoms with Crippen LogP contribution in [0, 0.1) is 0 Å². The monoisotopic (exact) mass is 396 g/mol. The van der Waals surface area contributed by atoms with Crippen LogP contribution in [0.25, 0.3) is 0 Å². The van der Waals surface area contributed by atoms with E-state index in [1.54, 1.807) is 18.0 Å². The Hall–Kier alpha value is -2.93. The summed E-state index contributed by atoms with van der Waals surface area (Å²) < 4.78 is 5.03. The van der Waals surface area contributed by atoms with Gasteiger partial charge in [0.25, 0.3) is 0 Å². The third kappa shape index (κ3) is 6.02. The van der Waals surface area contributed by atoms with Gasteiger partial charge < -0.3 is 15.0 Å². The molecule has 2 heterocycles. The molecule has 29 heavy (non-hydrogen) atoms. The van der Waals surface area contributed by atoms with Gasteiger partial charge in [0.05, 0.1) is 24.9 Å². The van der Waals surface area contributed by atoms with Crippen LogP contribution < -0.4 is 10.6 Å². The van der Waals surface area contributed by atoms with Crippen molar-refractivity contribution >= 4 is 12.0 Å². The van der Waals surface area contributed by atoms with Gasteiger partial charge in [-0.25, -0.2) is 4.79 Å². The lowest BCUT2D eigenvalue weighted by atomic mass is 10.0. The predicted molar refractivity (Wildman–Crippen MR) is 110 cm³/mol. The molecule has 154 valence electrons. The summed E-state index contributed by atoms with van der Waals surface area (Å²) in [5.41, 5.74) is 1.93. The second kappa shape index (κ2) is 10.6. The Morgan fingerprint density at radius 2 is 1.86 bits per heavy atom. The highest BCUT2D eigenvalue weighted by Crippen LogP contribution is 2.19. The normalized spacial score (nSPS) is 15.6. The number of piperidine rings is 1. The lowest BCUT2D eigenvalue weighted by Crippen LogP contribution is -2.48. The fraction of sp³-hybridized carbons (Fsp3) is 0.409. The van der Waals surface area contributed by atoms with Crippen molar-refractivity contribution in [3.63, 3.8) is 0 Å². The van der Waals surface area contributed by atoms with E-state index >= 15 is 0 Å². The lowest BCUT2D eigenvalue weighted by molar-refractivity contribution is -0.121. The van der Waals surface area contributed by atoms with E-state index in [0.29, 0.717) is 19.7 Å². The molecule has 1 unspecified atom stereocenters. The molecule has 1 aliphatic heterocycles. The van der Waals surface area contributed by atoms with Crippen molar-refractivity contribution in [1.82, 2.24) is 20.5 Å². The number of amides is 2. The van der Waals surface area contributed by atoms with Crippen LogP contribution in [0.15, 0.2) is 54.7 Å².